The molecule has 9 heteroatoms. The normalized spacial score (nSPS) is 19.4. The zero-order valence-electron chi connectivity index (χ0n) is 16.7. The van der Waals surface area contributed by atoms with Crippen molar-refractivity contribution in [3.05, 3.63) is 79.7 Å². The highest BCUT2D eigenvalue weighted by molar-refractivity contribution is 8.30. The van der Waals surface area contributed by atoms with Crippen LogP contribution in [-0.4, -0.2) is 33.8 Å². The maximum atomic E-state index is 13.6. The van der Waals surface area contributed by atoms with Crippen molar-refractivity contribution >= 4 is 72.9 Å². The molecule has 0 N–H and O–H groups in total. The molecule has 0 spiro atoms. The lowest BCUT2D eigenvalue weighted by atomic mass is 10.2. The Hall–Kier alpha value is -2.33. The highest BCUT2D eigenvalue weighted by Gasteiger charge is 2.32. The lowest BCUT2D eigenvalue weighted by molar-refractivity contribution is -0.119. The van der Waals surface area contributed by atoms with Crippen LogP contribution < -0.4 is 19.7 Å². The van der Waals surface area contributed by atoms with Gasteiger partial charge in [-0.05, 0) is 17.7 Å². The van der Waals surface area contributed by atoms with Crippen LogP contribution in [0.1, 0.15) is 5.56 Å². The van der Waals surface area contributed by atoms with Gasteiger partial charge >= 0.3 is 0 Å². The molecule has 1 saturated heterocycles. The molecule has 156 valence electrons. The first kappa shape index (κ1) is 20.6. The van der Waals surface area contributed by atoms with Crippen molar-refractivity contribution in [2.75, 3.05) is 19.0 Å². The first-order valence-corrected chi connectivity index (χ1v) is 12.3. The van der Waals surface area contributed by atoms with Gasteiger partial charge in [0.1, 0.15) is 23.4 Å². The van der Waals surface area contributed by atoms with Crippen molar-refractivity contribution in [3.8, 4) is 0 Å². The number of thioether (sulfide) groups is 2. The second-order valence-electron chi connectivity index (χ2n) is 7.11. The maximum absolute atomic E-state index is 13.6. The zero-order chi connectivity index (χ0) is 21.7. The summed E-state index contributed by atoms with van der Waals surface area (Å²) in [6.45, 7) is 0.397. The molecule has 0 bridgehead atoms. The van der Waals surface area contributed by atoms with Gasteiger partial charge in [0.25, 0.3) is 11.5 Å². The van der Waals surface area contributed by atoms with E-state index in [9.17, 15) is 9.59 Å². The summed E-state index contributed by atoms with van der Waals surface area (Å²) < 4.78 is 3.50. The van der Waals surface area contributed by atoms with E-state index in [0.29, 0.717) is 25.0 Å². The van der Waals surface area contributed by atoms with Crippen LogP contribution in [-0.2, 0) is 11.3 Å². The molecule has 0 radical (unpaired) electrons. The summed E-state index contributed by atoms with van der Waals surface area (Å²) in [5, 5.41) is 0.885. The average Bonchev–Trinajstić information content (AvgIpc) is 3.37. The number of benzene rings is 2. The van der Waals surface area contributed by atoms with E-state index in [1.165, 1.54) is 28.0 Å². The van der Waals surface area contributed by atoms with Gasteiger partial charge in [-0.2, -0.15) is 0 Å². The molecule has 5 nitrogen and oxygen atoms in total. The molecule has 2 aliphatic heterocycles. The number of hydrogen-bond donors (Lipinski definition) is 0. The van der Waals surface area contributed by atoms with Crippen molar-refractivity contribution in [2.24, 2.45) is 0 Å². The Morgan fingerprint density at radius 1 is 0.903 bits per heavy atom. The minimum absolute atomic E-state index is 0.0904. The SMILES string of the molecule is CN1C(=O)/C(=c2\s/c(=C3\Sc4ccccc4N3C)c(=O)n2Cc2ccccc2)SC1=S. The monoisotopic (exact) mass is 483 g/mol. The number of fused-ring (bicyclic) bond motifs is 1. The molecule has 0 unspecified atom stereocenters. The number of rotatable bonds is 2. The number of thiocarbonyl (C=S) groups is 1. The first-order chi connectivity index (χ1) is 15.0. The highest BCUT2D eigenvalue weighted by Crippen LogP contribution is 2.45. The largest absolute Gasteiger partial charge is 0.337 e. The summed E-state index contributed by atoms with van der Waals surface area (Å²) in [5.41, 5.74) is 1.99. The van der Waals surface area contributed by atoms with E-state index in [1.807, 2.05) is 55.6 Å². The number of para-hydroxylation sites is 1. The van der Waals surface area contributed by atoms with Crippen LogP contribution in [0.4, 0.5) is 5.69 Å². The molecule has 2 aliphatic rings. The molecule has 0 aliphatic carbocycles. The van der Waals surface area contributed by atoms with E-state index in [0.717, 1.165) is 21.2 Å². The number of amides is 1. The van der Waals surface area contributed by atoms with Crippen LogP contribution in [0.15, 0.2) is 64.3 Å². The van der Waals surface area contributed by atoms with Crippen LogP contribution in [0.25, 0.3) is 9.93 Å². The van der Waals surface area contributed by atoms with Crippen LogP contribution in [0.3, 0.4) is 0 Å². The molecule has 5 rings (SSSR count). The summed E-state index contributed by atoms with van der Waals surface area (Å²) in [6.07, 6.45) is 0. The lowest BCUT2D eigenvalue weighted by Crippen LogP contribution is -2.35. The van der Waals surface area contributed by atoms with Crippen LogP contribution in [0.5, 0.6) is 0 Å². The van der Waals surface area contributed by atoms with Gasteiger partial charge in [0.05, 0.1) is 12.2 Å². The molecule has 1 aromatic heterocycles. The summed E-state index contributed by atoms with van der Waals surface area (Å²) in [5.74, 6) is -0.162. The summed E-state index contributed by atoms with van der Waals surface area (Å²) >= 11 is 9.54. The topological polar surface area (TPSA) is 45.6 Å². The molecule has 0 atom stereocenters. The van der Waals surface area contributed by atoms with Gasteiger partial charge in [-0.15, -0.1) is 11.3 Å². The van der Waals surface area contributed by atoms with Crippen LogP contribution in [0, 0.1) is 0 Å². The van der Waals surface area contributed by atoms with Crippen LogP contribution in [0.2, 0.25) is 0 Å². The van der Waals surface area contributed by atoms with Gasteiger partial charge in [-0.1, -0.05) is 78.2 Å². The zero-order valence-corrected chi connectivity index (χ0v) is 20.0. The number of carbonyl (C=O) groups is 1. The molecule has 0 saturated carbocycles. The van der Waals surface area contributed by atoms with E-state index in [4.69, 9.17) is 12.2 Å². The van der Waals surface area contributed by atoms with Crippen molar-refractivity contribution in [3.63, 3.8) is 0 Å². The standard InChI is InChI=1S/C22H17N3O2S4/c1-23-14-10-6-7-11-15(14)29-20(23)17-19(27)25(12-13-8-4-3-5-9-13)21(30-17)16-18(26)24(2)22(28)31-16/h3-11H,12H2,1-2H3/b20-17-,21-16+. The molecule has 3 aromatic rings. The third-order valence-electron chi connectivity index (χ3n) is 5.16. The van der Waals surface area contributed by atoms with Gasteiger partial charge in [0, 0.05) is 19.0 Å². The van der Waals surface area contributed by atoms with E-state index in [1.54, 1.807) is 23.4 Å². The minimum atomic E-state index is -0.162. The first-order valence-electron chi connectivity index (χ1n) is 9.48. The molecule has 31 heavy (non-hydrogen) atoms. The fourth-order valence-electron chi connectivity index (χ4n) is 3.49. The summed E-state index contributed by atoms with van der Waals surface area (Å²) in [4.78, 5) is 31.6. The maximum Gasteiger partial charge on any atom is 0.272 e. The number of nitrogens with zero attached hydrogens (tertiary/aromatic N) is 3. The van der Waals surface area contributed by atoms with Gasteiger partial charge in [0.15, 0.2) is 0 Å². The molecular formula is C22H17N3O2S4. The highest BCUT2D eigenvalue weighted by atomic mass is 32.2. The number of thiazole rings is 1. The number of carbonyl (C=O) groups excluding carboxylic acids is 1. The third kappa shape index (κ3) is 3.45. The summed E-state index contributed by atoms with van der Waals surface area (Å²) in [7, 11) is 3.64. The van der Waals surface area contributed by atoms with Gasteiger partial charge < -0.3 is 4.90 Å². The molecular weight excluding hydrogens is 467 g/mol. The Kier molecular flexibility index (Phi) is 5.29. The quantitative estimate of drug-likeness (QED) is 0.523. The van der Waals surface area contributed by atoms with E-state index >= 15 is 0 Å². The van der Waals surface area contributed by atoms with Crippen molar-refractivity contribution in [1.82, 2.24) is 9.47 Å². The fraction of sp³-hybridized carbons (Fsp3) is 0.136. The van der Waals surface area contributed by atoms with Crippen LogP contribution >= 0.6 is 47.1 Å². The predicted molar refractivity (Wildman–Crippen MR) is 134 cm³/mol. The second-order valence-corrected chi connectivity index (χ2v) is 10.8. The number of hydrogen-bond acceptors (Lipinski definition) is 7. The van der Waals surface area contributed by atoms with Gasteiger partial charge in [-0.3, -0.25) is 19.1 Å². The lowest BCUT2D eigenvalue weighted by Gasteiger charge is -2.11. The Bertz CT molecular complexity index is 1410. The Morgan fingerprint density at radius 3 is 2.29 bits per heavy atom. The van der Waals surface area contributed by atoms with Crippen molar-refractivity contribution in [1.29, 1.82) is 0 Å². The smallest absolute Gasteiger partial charge is 0.272 e. The van der Waals surface area contributed by atoms with Crippen molar-refractivity contribution < 1.29 is 4.79 Å². The molecule has 1 fully saturated rings. The third-order valence-corrected chi connectivity index (χ3v) is 9.38. The molecule has 2 aromatic carbocycles. The number of anilines is 1. The fourth-order valence-corrected chi connectivity index (χ4v) is 7.28. The second kappa shape index (κ2) is 7.98. The van der Waals surface area contributed by atoms with E-state index in [2.05, 4.69) is 11.0 Å². The van der Waals surface area contributed by atoms with Gasteiger partial charge in [-0.25, -0.2) is 0 Å². The van der Waals surface area contributed by atoms with Gasteiger partial charge in [0.2, 0.25) is 0 Å². The Balaban J connectivity index is 1.78. The van der Waals surface area contributed by atoms with E-state index in [-0.39, 0.29) is 11.5 Å². The Labute approximate surface area is 196 Å². The van der Waals surface area contributed by atoms with Crippen molar-refractivity contribution in [2.45, 2.75) is 11.4 Å². The molecule has 3 heterocycles. The number of aromatic nitrogens is 1. The van der Waals surface area contributed by atoms with E-state index < -0.39 is 0 Å². The average molecular weight is 484 g/mol. The Morgan fingerprint density at radius 2 is 1.61 bits per heavy atom. The summed E-state index contributed by atoms with van der Waals surface area (Å²) in [6, 6.07) is 17.9. The predicted octanol–water partition coefficient (Wildman–Crippen LogP) is 2.86. The molecule has 1 amide bonds. The minimum Gasteiger partial charge on any atom is -0.337 e.